The molecule has 0 amide bonds. The Morgan fingerprint density at radius 2 is 1.56 bits per heavy atom. The van der Waals surface area contributed by atoms with Crippen molar-refractivity contribution >= 4 is 9.84 Å². The van der Waals surface area contributed by atoms with Crippen LogP contribution in [0, 0.1) is 0 Å². The fourth-order valence-corrected chi connectivity index (χ4v) is 1.76. The van der Waals surface area contributed by atoms with Crippen LogP contribution in [0.4, 0.5) is 0 Å². The number of allylic oxidation sites excluding steroid dienone is 1. The van der Waals surface area contributed by atoms with Crippen LogP contribution >= 0.6 is 0 Å². The Bertz CT molecular complexity index is 259. The number of nitrogens with zero attached hydrogens (tertiary/aromatic N) is 1. The van der Waals surface area contributed by atoms with Gasteiger partial charge in [0.1, 0.15) is 9.84 Å². The summed E-state index contributed by atoms with van der Waals surface area (Å²) < 4.78 is 21.7. The normalized spacial score (nSPS) is 10.7. The van der Waals surface area contributed by atoms with Crippen LogP contribution < -0.4 is 0 Å². The van der Waals surface area contributed by atoms with E-state index in [1.807, 2.05) is 34.7 Å². The van der Waals surface area contributed by atoms with Gasteiger partial charge in [-0.2, -0.15) is 0 Å². The maximum atomic E-state index is 10.8. The summed E-state index contributed by atoms with van der Waals surface area (Å²) in [6.07, 6.45) is 7.28. The zero-order valence-electron chi connectivity index (χ0n) is 13.4. The molecule has 0 aliphatic heterocycles. The molecule has 0 unspecified atom stereocenters. The summed E-state index contributed by atoms with van der Waals surface area (Å²) >= 11 is 0. The third-order valence-electron chi connectivity index (χ3n) is 1.87. The van der Waals surface area contributed by atoms with Crippen molar-refractivity contribution in [3.63, 3.8) is 0 Å². The second-order valence-electron chi connectivity index (χ2n) is 3.63. The van der Waals surface area contributed by atoms with Crippen molar-refractivity contribution < 1.29 is 8.42 Å². The number of hydrogen-bond donors (Lipinski definition) is 0. The lowest BCUT2D eigenvalue weighted by molar-refractivity contribution is 0.370. The molecule has 0 saturated heterocycles. The molecular weight excluding hydrogens is 246 g/mol. The van der Waals surface area contributed by atoms with Gasteiger partial charge in [0.05, 0.1) is 5.75 Å². The lowest BCUT2D eigenvalue weighted by Gasteiger charge is -2.13. The highest BCUT2D eigenvalue weighted by molar-refractivity contribution is 7.90. The Labute approximate surface area is 115 Å². The van der Waals surface area contributed by atoms with Crippen molar-refractivity contribution in [1.29, 1.82) is 0 Å². The molecule has 0 radical (unpaired) electrons. The Hall–Kier alpha value is -0.350. The standard InChI is InChI=1S/C10H21NO2S.2C2H6/c1-4-5-6-8-11(2)9-7-10-14(3,12)13;2*1-2/h5-6H,4,7-10H2,1-3H3;2*1-2H3/b6-5+;;. The molecule has 112 valence electrons. The molecule has 0 N–H and O–H groups in total. The Balaban J connectivity index is -0.000000506. The third-order valence-corrected chi connectivity index (χ3v) is 2.90. The first-order valence-corrected chi connectivity index (χ1v) is 9.03. The zero-order chi connectivity index (χ0) is 15.0. The SMILES string of the molecule is CC.CC.CC/C=C/CN(C)CCCS(C)(=O)=O. The monoisotopic (exact) mass is 279 g/mol. The quantitative estimate of drug-likeness (QED) is 0.671. The molecule has 18 heavy (non-hydrogen) atoms. The van der Waals surface area contributed by atoms with Gasteiger partial charge in [0.2, 0.25) is 0 Å². The predicted octanol–water partition coefficient (Wildman–Crippen LogP) is 3.37. The molecule has 4 heteroatoms. The number of rotatable bonds is 7. The number of hydrogen-bond acceptors (Lipinski definition) is 3. The van der Waals surface area contributed by atoms with Gasteiger partial charge in [-0.25, -0.2) is 8.42 Å². The number of likely N-dealkylation sites (N-methyl/N-ethyl adjacent to an activating group) is 1. The van der Waals surface area contributed by atoms with E-state index in [0.29, 0.717) is 0 Å². The maximum Gasteiger partial charge on any atom is 0.147 e. The van der Waals surface area contributed by atoms with Gasteiger partial charge in [0.25, 0.3) is 0 Å². The minimum Gasteiger partial charge on any atom is -0.303 e. The van der Waals surface area contributed by atoms with Gasteiger partial charge in [-0.1, -0.05) is 46.8 Å². The molecule has 0 saturated carbocycles. The Morgan fingerprint density at radius 3 is 1.94 bits per heavy atom. The van der Waals surface area contributed by atoms with Crippen molar-refractivity contribution in [2.45, 2.75) is 47.5 Å². The molecule has 0 aromatic rings. The van der Waals surface area contributed by atoms with Crippen molar-refractivity contribution in [3.8, 4) is 0 Å². The second kappa shape index (κ2) is 16.6. The van der Waals surface area contributed by atoms with Crippen molar-refractivity contribution in [2.24, 2.45) is 0 Å². The van der Waals surface area contributed by atoms with Crippen LogP contribution in [0.25, 0.3) is 0 Å². The fourth-order valence-electron chi connectivity index (χ4n) is 1.11. The van der Waals surface area contributed by atoms with E-state index in [4.69, 9.17) is 0 Å². The third kappa shape index (κ3) is 24.7. The van der Waals surface area contributed by atoms with Crippen molar-refractivity contribution in [1.82, 2.24) is 4.90 Å². The van der Waals surface area contributed by atoms with Crippen LogP contribution in [-0.2, 0) is 9.84 Å². The molecule has 0 spiro atoms. The Kier molecular flexibility index (Phi) is 21.1. The van der Waals surface area contributed by atoms with Crippen molar-refractivity contribution in [3.05, 3.63) is 12.2 Å². The van der Waals surface area contributed by atoms with E-state index in [1.165, 1.54) is 6.26 Å². The number of sulfone groups is 1. The average Bonchev–Trinajstić information content (AvgIpc) is 2.33. The summed E-state index contributed by atoms with van der Waals surface area (Å²) in [6, 6.07) is 0. The molecule has 0 aromatic heterocycles. The van der Waals surface area contributed by atoms with Gasteiger partial charge < -0.3 is 4.90 Å². The molecule has 0 bridgehead atoms. The lowest BCUT2D eigenvalue weighted by Crippen LogP contribution is -2.21. The van der Waals surface area contributed by atoms with E-state index in [0.717, 1.165) is 25.9 Å². The van der Waals surface area contributed by atoms with Gasteiger partial charge in [0.15, 0.2) is 0 Å². The predicted molar refractivity (Wildman–Crippen MR) is 84.0 cm³/mol. The largest absolute Gasteiger partial charge is 0.303 e. The molecular formula is C14H33NO2S. The van der Waals surface area contributed by atoms with Crippen LogP contribution in [0.1, 0.15) is 47.5 Å². The van der Waals surface area contributed by atoms with E-state index >= 15 is 0 Å². The molecule has 3 nitrogen and oxygen atoms in total. The van der Waals surface area contributed by atoms with Crippen LogP contribution in [0.15, 0.2) is 12.2 Å². The van der Waals surface area contributed by atoms with Crippen LogP contribution in [0.5, 0.6) is 0 Å². The molecule has 0 heterocycles. The average molecular weight is 279 g/mol. The van der Waals surface area contributed by atoms with Crippen molar-refractivity contribution in [2.75, 3.05) is 32.1 Å². The molecule has 0 rings (SSSR count). The van der Waals surface area contributed by atoms with Gasteiger partial charge in [-0.05, 0) is 26.4 Å². The lowest BCUT2D eigenvalue weighted by atomic mass is 10.4. The van der Waals surface area contributed by atoms with Gasteiger partial charge in [-0.15, -0.1) is 0 Å². The minimum absolute atomic E-state index is 0.287. The van der Waals surface area contributed by atoms with E-state index in [1.54, 1.807) is 0 Å². The summed E-state index contributed by atoms with van der Waals surface area (Å²) in [4.78, 5) is 2.12. The first-order valence-electron chi connectivity index (χ1n) is 6.97. The minimum atomic E-state index is -2.79. The van der Waals surface area contributed by atoms with E-state index in [-0.39, 0.29) is 5.75 Å². The smallest absolute Gasteiger partial charge is 0.147 e. The molecule has 0 aliphatic rings. The van der Waals surface area contributed by atoms with Gasteiger partial charge >= 0.3 is 0 Å². The van der Waals surface area contributed by atoms with E-state index in [9.17, 15) is 8.42 Å². The van der Waals surface area contributed by atoms with Gasteiger partial charge in [0, 0.05) is 12.8 Å². The highest BCUT2D eigenvalue weighted by Crippen LogP contribution is 1.93. The highest BCUT2D eigenvalue weighted by atomic mass is 32.2. The molecule has 0 atom stereocenters. The molecule has 0 aromatic carbocycles. The first-order chi connectivity index (χ1) is 8.45. The van der Waals surface area contributed by atoms with Gasteiger partial charge in [-0.3, -0.25) is 0 Å². The summed E-state index contributed by atoms with van der Waals surface area (Å²) in [7, 11) is -0.787. The second-order valence-corrected chi connectivity index (χ2v) is 5.89. The van der Waals surface area contributed by atoms with Crippen LogP contribution in [0.2, 0.25) is 0 Å². The summed E-state index contributed by atoms with van der Waals surface area (Å²) in [6.45, 7) is 11.8. The Morgan fingerprint density at radius 1 is 1.06 bits per heavy atom. The summed E-state index contributed by atoms with van der Waals surface area (Å²) in [5.41, 5.74) is 0. The van der Waals surface area contributed by atoms with E-state index in [2.05, 4.69) is 24.0 Å². The highest BCUT2D eigenvalue weighted by Gasteiger charge is 2.02. The molecule has 0 fully saturated rings. The fraction of sp³-hybridized carbons (Fsp3) is 0.857. The van der Waals surface area contributed by atoms with E-state index < -0.39 is 9.84 Å². The first kappa shape index (κ1) is 22.8. The van der Waals surface area contributed by atoms with Crippen LogP contribution in [0.3, 0.4) is 0 Å². The summed E-state index contributed by atoms with van der Waals surface area (Å²) in [5, 5.41) is 0. The maximum absolute atomic E-state index is 10.8. The molecule has 0 aliphatic carbocycles. The zero-order valence-corrected chi connectivity index (χ0v) is 14.2. The summed E-state index contributed by atoms with van der Waals surface area (Å²) in [5.74, 6) is 0.287. The van der Waals surface area contributed by atoms with Crippen LogP contribution in [-0.4, -0.2) is 45.5 Å². The topological polar surface area (TPSA) is 37.4 Å².